The zero-order valence-corrected chi connectivity index (χ0v) is 23.0. The van der Waals surface area contributed by atoms with Crippen molar-refractivity contribution in [2.45, 2.75) is 12.7 Å². The summed E-state index contributed by atoms with van der Waals surface area (Å²) in [6.07, 6.45) is -2.32. The van der Waals surface area contributed by atoms with Crippen molar-refractivity contribution in [2.75, 3.05) is 33.3 Å². The van der Waals surface area contributed by atoms with Gasteiger partial charge in [-0.3, -0.25) is 9.69 Å². The van der Waals surface area contributed by atoms with E-state index in [1.54, 1.807) is 12.0 Å². The summed E-state index contributed by atoms with van der Waals surface area (Å²) in [5.74, 6) is 0.485. The minimum atomic E-state index is -4.43. The number of benzene rings is 3. The molecule has 1 saturated heterocycles. The highest BCUT2D eigenvalue weighted by molar-refractivity contribution is 5.94. The third kappa shape index (κ3) is 5.60. The van der Waals surface area contributed by atoms with Crippen molar-refractivity contribution < 1.29 is 22.7 Å². The Bertz CT molecular complexity index is 1710. The highest BCUT2D eigenvalue weighted by atomic mass is 19.4. The Labute approximate surface area is 241 Å². The number of ether oxygens (including phenoxy) is 1. The van der Waals surface area contributed by atoms with Gasteiger partial charge in [0.2, 0.25) is 0 Å². The van der Waals surface area contributed by atoms with Gasteiger partial charge in [0.1, 0.15) is 11.4 Å². The lowest BCUT2D eigenvalue weighted by Crippen LogP contribution is -2.48. The number of amides is 1. The third-order valence-electron chi connectivity index (χ3n) is 7.66. The SMILES string of the molecule is COc1cccc(-c2nc3ccc(-c4ccccc4)cn3c2CN2CCN(C(=O)c3ccc(C(F)(F)F)cc3)CC2)c1. The van der Waals surface area contributed by atoms with Crippen LogP contribution in [-0.4, -0.2) is 58.4 Å². The van der Waals surface area contributed by atoms with E-state index in [2.05, 4.69) is 33.7 Å². The summed E-state index contributed by atoms with van der Waals surface area (Å²) in [5.41, 5.74) is 5.35. The van der Waals surface area contributed by atoms with Crippen molar-refractivity contribution in [3.63, 3.8) is 0 Å². The summed E-state index contributed by atoms with van der Waals surface area (Å²) in [6.45, 7) is 2.79. The quantitative estimate of drug-likeness (QED) is 0.229. The van der Waals surface area contributed by atoms with E-state index in [-0.39, 0.29) is 11.5 Å². The van der Waals surface area contributed by atoms with E-state index >= 15 is 0 Å². The third-order valence-corrected chi connectivity index (χ3v) is 7.66. The largest absolute Gasteiger partial charge is 0.497 e. The van der Waals surface area contributed by atoms with E-state index in [0.717, 1.165) is 51.6 Å². The molecule has 6 nitrogen and oxygen atoms in total. The first-order chi connectivity index (χ1) is 20.3. The van der Waals surface area contributed by atoms with Crippen LogP contribution in [0.5, 0.6) is 5.75 Å². The van der Waals surface area contributed by atoms with E-state index < -0.39 is 11.7 Å². The van der Waals surface area contributed by atoms with Crippen LogP contribution >= 0.6 is 0 Å². The second-order valence-corrected chi connectivity index (χ2v) is 10.3. The number of fused-ring (bicyclic) bond motifs is 1. The van der Waals surface area contributed by atoms with Crippen LogP contribution in [0.4, 0.5) is 13.2 Å². The van der Waals surface area contributed by atoms with Gasteiger partial charge in [-0.25, -0.2) is 4.98 Å². The summed E-state index contributed by atoms with van der Waals surface area (Å²) in [5, 5.41) is 0. The summed E-state index contributed by atoms with van der Waals surface area (Å²) in [6, 6.07) is 26.5. The number of halogens is 3. The van der Waals surface area contributed by atoms with Crippen molar-refractivity contribution in [3.8, 4) is 28.1 Å². The van der Waals surface area contributed by atoms with Crippen molar-refractivity contribution in [1.29, 1.82) is 0 Å². The number of carbonyl (C=O) groups is 1. The Morgan fingerprint density at radius 1 is 0.833 bits per heavy atom. The summed E-state index contributed by atoms with van der Waals surface area (Å²) in [7, 11) is 1.64. The maximum absolute atomic E-state index is 13.0. The van der Waals surface area contributed by atoms with Crippen molar-refractivity contribution in [3.05, 3.63) is 114 Å². The highest BCUT2D eigenvalue weighted by Crippen LogP contribution is 2.31. The van der Waals surface area contributed by atoms with Crippen LogP contribution in [0.25, 0.3) is 28.0 Å². The number of hydrogen-bond acceptors (Lipinski definition) is 4. The fourth-order valence-corrected chi connectivity index (χ4v) is 5.35. The van der Waals surface area contributed by atoms with Gasteiger partial charge in [-0.2, -0.15) is 13.2 Å². The Morgan fingerprint density at radius 2 is 1.55 bits per heavy atom. The fourth-order valence-electron chi connectivity index (χ4n) is 5.35. The van der Waals surface area contributed by atoms with Crippen LogP contribution in [-0.2, 0) is 12.7 Å². The number of imidazole rings is 1. The van der Waals surface area contributed by atoms with Gasteiger partial charge in [0.05, 0.1) is 24.1 Å². The average molecular weight is 571 g/mol. The zero-order valence-electron chi connectivity index (χ0n) is 23.0. The molecular weight excluding hydrogens is 541 g/mol. The summed E-state index contributed by atoms with van der Waals surface area (Å²) < 4.78 is 46.4. The molecule has 3 heterocycles. The standard InChI is InChI=1S/C33H29F3N4O2/c1-42-28-9-5-8-25(20-28)31-29(40-21-26(12-15-30(40)37-31)23-6-3-2-4-7-23)22-38-16-18-39(19-17-38)32(41)24-10-13-27(14-11-24)33(34,35)36/h2-15,20-21H,16-19,22H2,1H3. The number of methoxy groups -OCH3 is 1. The van der Waals surface area contributed by atoms with Crippen molar-refractivity contribution in [1.82, 2.24) is 19.2 Å². The molecule has 0 radical (unpaired) electrons. The Kier molecular flexibility index (Phi) is 7.43. The summed E-state index contributed by atoms with van der Waals surface area (Å²) >= 11 is 0. The predicted octanol–water partition coefficient (Wildman–Crippen LogP) is 6.65. The number of hydrogen-bond donors (Lipinski definition) is 0. The smallest absolute Gasteiger partial charge is 0.416 e. The molecule has 0 spiro atoms. The molecule has 1 fully saturated rings. The molecule has 1 amide bonds. The van der Waals surface area contributed by atoms with Crippen molar-refractivity contribution in [2.24, 2.45) is 0 Å². The monoisotopic (exact) mass is 570 g/mol. The number of nitrogens with zero attached hydrogens (tertiary/aromatic N) is 4. The Morgan fingerprint density at radius 3 is 2.24 bits per heavy atom. The molecule has 2 aromatic heterocycles. The first-order valence-electron chi connectivity index (χ1n) is 13.7. The molecule has 214 valence electrons. The van der Waals surface area contributed by atoms with Crippen molar-refractivity contribution >= 4 is 11.6 Å². The molecule has 0 atom stereocenters. The van der Waals surface area contributed by atoms with Gasteiger partial charge in [0.25, 0.3) is 5.91 Å². The molecule has 0 unspecified atom stereocenters. The average Bonchev–Trinajstić information content (AvgIpc) is 3.38. The van der Waals surface area contributed by atoms with Gasteiger partial charge in [0, 0.05) is 50.0 Å². The van der Waals surface area contributed by atoms with Crippen LogP contribution in [0.1, 0.15) is 21.6 Å². The van der Waals surface area contributed by atoms with Crippen LogP contribution in [0, 0.1) is 0 Å². The number of rotatable bonds is 6. The molecule has 1 aliphatic heterocycles. The van der Waals surface area contributed by atoms with E-state index in [9.17, 15) is 18.0 Å². The molecule has 0 bridgehead atoms. The first-order valence-corrected chi connectivity index (χ1v) is 13.7. The fraction of sp³-hybridized carbons (Fsp3) is 0.212. The predicted molar refractivity (Wildman–Crippen MR) is 155 cm³/mol. The molecule has 5 aromatic rings. The van der Waals surface area contributed by atoms with Gasteiger partial charge >= 0.3 is 6.18 Å². The van der Waals surface area contributed by atoms with Crippen LogP contribution < -0.4 is 4.74 Å². The Balaban J connectivity index is 1.26. The maximum Gasteiger partial charge on any atom is 0.416 e. The number of carbonyl (C=O) groups excluding carboxylic acids is 1. The first kappa shape index (κ1) is 27.5. The topological polar surface area (TPSA) is 50.1 Å². The second kappa shape index (κ2) is 11.3. The number of aromatic nitrogens is 2. The maximum atomic E-state index is 13.0. The minimum Gasteiger partial charge on any atom is -0.497 e. The van der Waals surface area contributed by atoms with E-state index in [0.29, 0.717) is 32.7 Å². The molecule has 42 heavy (non-hydrogen) atoms. The van der Waals surface area contributed by atoms with Gasteiger partial charge < -0.3 is 14.0 Å². The summed E-state index contributed by atoms with van der Waals surface area (Å²) in [4.78, 5) is 22.0. The van der Waals surface area contributed by atoms with Gasteiger partial charge in [0.15, 0.2) is 0 Å². The Hall–Kier alpha value is -4.63. The van der Waals surface area contributed by atoms with Gasteiger partial charge in [-0.05, 0) is 59.7 Å². The lowest BCUT2D eigenvalue weighted by Gasteiger charge is -2.34. The number of alkyl halides is 3. The number of pyridine rings is 1. The molecule has 0 aliphatic carbocycles. The lowest BCUT2D eigenvalue weighted by atomic mass is 10.1. The van der Waals surface area contributed by atoms with E-state index in [1.807, 2.05) is 48.5 Å². The van der Waals surface area contributed by atoms with Crippen LogP contribution in [0.3, 0.4) is 0 Å². The van der Waals surface area contributed by atoms with Crippen LogP contribution in [0.15, 0.2) is 97.2 Å². The second-order valence-electron chi connectivity index (χ2n) is 10.3. The van der Waals surface area contributed by atoms with Gasteiger partial charge in [-0.15, -0.1) is 0 Å². The molecule has 0 saturated carbocycles. The van der Waals surface area contributed by atoms with Gasteiger partial charge in [-0.1, -0.05) is 42.5 Å². The molecule has 0 N–H and O–H groups in total. The molecule has 9 heteroatoms. The zero-order chi connectivity index (χ0) is 29.3. The minimum absolute atomic E-state index is 0.256. The molecule has 6 rings (SSSR count). The normalized spacial score (nSPS) is 14.3. The van der Waals surface area contributed by atoms with E-state index in [4.69, 9.17) is 9.72 Å². The molecular formula is C33H29F3N4O2. The number of piperazine rings is 1. The highest BCUT2D eigenvalue weighted by Gasteiger charge is 2.31. The molecule has 1 aliphatic rings. The van der Waals surface area contributed by atoms with Crippen LogP contribution in [0.2, 0.25) is 0 Å². The molecule has 3 aromatic carbocycles. The van der Waals surface area contributed by atoms with E-state index in [1.165, 1.54) is 12.1 Å². The lowest BCUT2D eigenvalue weighted by molar-refractivity contribution is -0.137.